The minimum atomic E-state index is -0.100. The van der Waals surface area contributed by atoms with E-state index in [-0.39, 0.29) is 17.8 Å². The van der Waals surface area contributed by atoms with E-state index in [2.05, 4.69) is 20.9 Å². The third-order valence-electron chi connectivity index (χ3n) is 4.93. The molecular weight excluding hydrogens is 408 g/mol. The highest BCUT2D eigenvalue weighted by Crippen LogP contribution is 2.26. The van der Waals surface area contributed by atoms with Crippen LogP contribution in [0, 0.1) is 0 Å². The van der Waals surface area contributed by atoms with E-state index in [1.807, 2.05) is 36.4 Å². The van der Waals surface area contributed by atoms with Crippen molar-refractivity contribution in [3.05, 3.63) is 64.3 Å². The Morgan fingerprint density at radius 3 is 2.85 bits per heavy atom. The fourth-order valence-corrected chi connectivity index (χ4v) is 3.99. The monoisotopic (exact) mass is 428 g/mol. The number of para-hydroxylation sites is 1. The highest BCUT2D eigenvalue weighted by molar-refractivity contribution is 9.10. The van der Waals surface area contributed by atoms with Crippen LogP contribution in [0.4, 0.5) is 0 Å². The van der Waals surface area contributed by atoms with Crippen LogP contribution < -0.4 is 0 Å². The molecule has 0 saturated carbocycles. The molecule has 27 heavy (non-hydrogen) atoms. The van der Waals surface area contributed by atoms with E-state index in [0.717, 1.165) is 40.4 Å². The fourth-order valence-electron chi connectivity index (χ4n) is 3.51. The number of hydrogen-bond acceptors (Lipinski definition) is 3. The molecule has 2 N–H and O–H groups in total. The largest absolute Gasteiger partial charge is 0.508 e. The number of amides is 1. The number of halogens is 1. The molecule has 1 aliphatic rings. The van der Waals surface area contributed by atoms with Gasteiger partial charge in [-0.05, 0) is 37.1 Å². The van der Waals surface area contributed by atoms with E-state index in [9.17, 15) is 9.90 Å². The number of rotatable bonds is 5. The topological polar surface area (TPSA) is 65.6 Å². The number of benzene rings is 2. The Morgan fingerprint density at radius 1 is 1.26 bits per heavy atom. The Balaban J connectivity index is 1.64. The molecule has 0 unspecified atom stereocenters. The van der Waals surface area contributed by atoms with Gasteiger partial charge in [-0.25, -0.2) is 0 Å². The van der Waals surface area contributed by atoms with Gasteiger partial charge in [0.15, 0.2) is 0 Å². The number of ether oxygens (including phenoxy) is 1. The average Bonchev–Trinajstić information content (AvgIpc) is 3.32. The van der Waals surface area contributed by atoms with E-state index < -0.39 is 0 Å². The number of aromatic amines is 1. The van der Waals surface area contributed by atoms with Crippen molar-refractivity contribution >= 4 is 32.7 Å². The van der Waals surface area contributed by atoms with Crippen molar-refractivity contribution in [1.82, 2.24) is 9.88 Å². The number of hydrogen-bond donors (Lipinski definition) is 2. The lowest BCUT2D eigenvalue weighted by molar-refractivity contribution is 0.0502. The number of fused-ring (bicyclic) bond motifs is 1. The van der Waals surface area contributed by atoms with Crippen molar-refractivity contribution in [1.29, 1.82) is 0 Å². The lowest BCUT2D eigenvalue weighted by Crippen LogP contribution is -2.37. The number of aromatic nitrogens is 1. The van der Waals surface area contributed by atoms with Gasteiger partial charge in [-0.1, -0.05) is 40.2 Å². The molecule has 1 amide bonds. The molecule has 0 aliphatic carbocycles. The lowest BCUT2D eigenvalue weighted by atomic mass is 10.1. The molecule has 1 saturated heterocycles. The maximum atomic E-state index is 13.3. The summed E-state index contributed by atoms with van der Waals surface area (Å²) in [5.74, 6) is 0.0962. The second kappa shape index (κ2) is 7.74. The number of H-pyrrole nitrogens is 1. The maximum absolute atomic E-state index is 13.3. The van der Waals surface area contributed by atoms with E-state index >= 15 is 0 Å². The Hall–Kier alpha value is -2.31. The van der Waals surface area contributed by atoms with Gasteiger partial charge in [-0.2, -0.15) is 0 Å². The van der Waals surface area contributed by atoms with Crippen molar-refractivity contribution in [3.8, 4) is 5.75 Å². The van der Waals surface area contributed by atoms with Crippen LogP contribution in [0.2, 0.25) is 0 Å². The van der Waals surface area contributed by atoms with E-state index in [4.69, 9.17) is 4.74 Å². The summed E-state index contributed by atoms with van der Waals surface area (Å²) in [6, 6.07) is 14.8. The van der Waals surface area contributed by atoms with Crippen molar-refractivity contribution in [2.75, 3.05) is 13.2 Å². The first kappa shape index (κ1) is 18.1. The first-order valence-electron chi connectivity index (χ1n) is 9.07. The molecule has 5 nitrogen and oxygen atoms in total. The molecule has 2 heterocycles. The molecule has 0 bridgehead atoms. The summed E-state index contributed by atoms with van der Waals surface area (Å²) in [4.78, 5) is 18.2. The zero-order chi connectivity index (χ0) is 18.8. The van der Waals surface area contributed by atoms with Crippen molar-refractivity contribution < 1.29 is 14.6 Å². The number of phenolic OH excluding ortho intramolecular Hbond substituents is 1. The zero-order valence-electron chi connectivity index (χ0n) is 14.8. The molecule has 6 heteroatoms. The van der Waals surface area contributed by atoms with Crippen LogP contribution in [0.5, 0.6) is 5.75 Å². The van der Waals surface area contributed by atoms with Crippen LogP contribution in [-0.2, 0) is 11.3 Å². The van der Waals surface area contributed by atoms with Gasteiger partial charge in [0, 0.05) is 40.6 Å². The molecule has 3 aromatic rings. The number of carbonyl (C=O) groups excluding carboxylic acids is 1. The summed E-state index contributed by atoms with van der Waals surface area (Å²) in [7, 11) is 0. The molecule has 0 spiro atoms. The molecule has 1 fully saturated rings. The number of nitrogens with one attached hydrogen (secondary N) is 1. The van der Waals surface area contributed by atoms with Crippen molar-refractivity contribution in [2.45, 2.75) is 25.5 Å². The summed E-state index contributed by atoms with van der Waals surface area (Å²) < 4.78 is 6.69. The Labute approximate surface area is 166 Å². The summed E-state index contributed by atoms with van der Waals surface area (Å²) in [6.45, 7) is 1.58. The smallest absolute Gasteiger partial charge is 0.270 e. The first-order valence-corrected chi connectivity index (χ1v) is 9.86. The summed E-state index contributed by atoms with van der Waals surface area (Å²) in [5.41, 5.74) is 2.17. The molecule has 1 aliphatic heterocycles. The second-order valence-corrected chi connectivity index (χ2v) is 7.69. The van der Waals surface area contributed by atoms with Crippen LogP contribution in [0.3, 0.4) is 0 Å². The first-order chi connectivity index (χ1) is 13.1. The molecule has 0 radical (unpaired) electrons. The fraction of sp³-hybridized carbons (Fsp3) is 0.286. The van der Waals surface area contributed by atoms with Crippen molar-refractivity contribution in [3.63, 3.8) is 0 Å². The van der Waals surface area contributed by atoms with Gasteiger partial charge in [0.1, 0.15) is 11.4 Å². The molecule has 1 aromatic heterocycles. The average molecular weight is 429 g/mol. The zero-order valence-corrected chi connectivity index (χ0v) is 16.4. The van der Waals surface area contributed by atoms with E-state index in [1.165, 1.54) is 0 Å². The summed E-state index contributed by atoms with van der Waals surface area (Å²) >= 11 is 3.53. The SMILES string of the molecule is O=C(c1cc2c(Br)cccc2[nH]1)N(Cc1ccccc1O)C[C@H]1CCCO1. The lowest BCUT2D eigenvalue weighted by Gasteiger charge is -2.25. The van der Waals surface area contributed by atoms with Gasteiger partial charge in [-0.3, -0.25) is 4.79 Å². The number of nitrogens with zero attached hydrogens (tertiary/aromatic N) is 1. The van der Waals surface area contributed by atoms with Gasteiger partial charge in [0.05, 0.1) is 6.10 Å². The summed E-state index contributed by atoms with van der Waals surface area (Å²) in [5, 5.41) is 11.1. The number of phenols is 1. The number of aromatic hydroxyl groups is 1. The van der Waals surface area contributed by atoms with Crippen LogP contribution in [0.25, 0.3) is 10.9 Å². The highest BCUT2D eigenvalue weighted by Gasteiger charge is 2.25. The van der Waals surface area contributed by atoms with E-state index in [1.54, 1.807) is 17.0 Å². The van der Waals surface area contributed by atoms with Crippen LogP contribution >= 0.6 is 15.9 Å². The predicted molar refractivity (Wildman–Crippen MR) is 108 cm³/mol. The Bertz CT molecular complexity index is 963. The quantitative estimate of drug-likeness (QED) is 0.630. The second-order valence-electron chi connectivity index (χ2n) is 6.83. The minimum absolute atomic E-state index is 0.0379. The summed E-state index contributed by atoms with van der Waals surface area (Å²) in [6.07, 6.45) is 2.00. The molecular formula is C21H21BrN2O3. The third-order valence-corrected chi connectivity index (χ3v) is 5.62. The van der Waals surface area contributed by atoms with Gasteiger partial charge in [-0.15, -0.1) is 0 Å². The van der Waals surface area contributed by atoms with Gasteiger partial charge < -0.3 is 19.7 Å². The minimum Gasteiger partial charge on any atom is -0.508 e. The number of carbonyl (C=O) groups is 1. The highest BCUT2D eigenvalue weighted by atomic mass is 79.9. The molecule has 4 rings (SSSR count). The molecule has 140 valence electrons. The van der Waals surface area contributed by atoms with Gasteiger partial charge in [0.25, 0.3) is 5.91 Å². The standard InChI is InChI=1S/C21H21BrN2O3/c22-17-7-3-8-18-16(17)11-19(23-18)21(26)24(13-15-6-4-10-27-15)12-14-5-1-2-9-20(14)25/h1-3,5,7-9,11,15,23,25H,4,6,10,12-13H2/t15-/m1/s1. The van der Waals surface area contributed by atoms with E-state index in [0.29, 0.717) is 18.8 Å². The van der Waals surface area contributed by atoms with Gasteiger partial charge in [0.2, 0.25) is 0 Å². The Morgan fingerprint density at radius 2 is 2.11 bits per heavy atom. The molecule has 2 aromatic carbocycles. The van der Waals surface area contributed by atoms with Crippen LogP contribution in [0.1, 0.15) is 28.9 Å². The molecule has 1 atom stereocenters. The van der Waals surface area contributed by atoms with Crippen LogP contribution in [0.15, 0.2) is 53.0 Å². The van der Waals surface area contributed by atoms with Crippen LogP contribution in [-0.4, -0.2) is 40.2 Å². The van der Waals surface area contributed by atoms with Crippen molar-refractivity contribution in [2.24, 2.45) is 0 Å². The normalized spacial score (nSPS) is 16.7. The van der Waals surface area contributed by atoms with Gasteiger partial charge >= 0.3 is 0 Å². The third kappa shape index (κ3) is 3.87. The predicted octanol–water partition coefficient (Wildman–Crippen LogP) is 4.46. The maximum Gasteiger partial charge on any atom is 0.270 e. The Kier molecular flexibility index (Phi) is 5.18.